The first-order valence-corrected chi connectivity index (χ1v) is 11.8. The molecule has 0 aliphatic rings. The third kappa shape index (κ3) is 3.67. The summed E-state index contributed by atoms with van der Waals surface area (Å²) in [5, 5.41) is 11.9. The molecule has 1 aromatic heterocycles. The number of fused-ring (bicyclic) bond motifs is 3. The van der Waals surface area contributed by atoms with E-state index in [1.165, 1.54) is 6.07 Å². The van der Waals surface area contributed by atoms with Crippen LogP contribution in [-0.4, -0.2) is 20.3 Å². The van der Waals surface area contributed by atoms with Gasteiger partial charge in [-0.05, 0) is 30.2 Å². The number of carbonyl (C=O) groups excluding carboxylic acids is 2. The number of anilines is 1. The Bertz CT molecular complexity index is 1520. The number of aromatic carboxylic acids is 1. The van der Waals surface area contributed by atoms with E-state index in [0.29, 0.717) is 27.5 Å². The summed E-state index contributed by atoms with van der Waals surface area (Å²) >= 11 is 0.808. The number of carboxylic acid groups (broad SMARTS) is 1. The van der Waals surface area contributed by atoms with Gasteiger partial charge in [0.1, 0.15) is 0 Å². The van der Waals surface area contributed by atoms with E-state index in [-0.39, 0.29) is 22.6 Å². The molecule has 0 aliphatic heterocycles. The van der Waals surface area contributed by atoms with Crippen molar-refractivity contribution in [3.63, 3.8) is 0 Å². The predicted molar refractivity (Wildman–Crippen MR) is 118 cm³/mol. The maximum atomic E-state index is 13.6. The van der Waals surface area contributed by atoms with Gasteiger partial charge < -0.3 is 14.3 Å². The van der Waals surface area contributed by atoms with Crippen LogP contribution in [0.2, 0.25) is 0 Å². The number of carbonyl (C=O) groups is 2. The Hall–Kier alpha value is -3.50. The normalized spacial score (nSPS) is 11.7. The van der Waals surface area contributed by atoms with Crippen molar-refractivity contribution >= 4 is 60.0 Å². The summed E-state index contributed by atoms with van der Waals surface area (Å²) in [4.78, 5) is 35.2. The number of hydrogen-bond acceptors (Lipinski definition) is 8. The van der Waals surface area contributed by atoms with Gasteiger partial charge in [0.15, 0.2) is 5.58 Å². The van der Waals surface area contributed by atoms with Crippen molar-refractivity contribution in [2.45, 2.75) is 24.7 Å². The molecular weight excluding hydrogens is 454 g/mol. The lowest BCUT2D eigenvalue weighted by Crippen LogP contribution is -2.37. The second kappa shape index (κ2) is 8.21. The predicted octanol–water partition coefficient (Wildman–Crippen LogP) is 2.89. The van der Waals surface area contributed by atoms with Gasteiger partial charge in [0.25, 0.3) is 10.0 Å². The highest BCUT2D eigenvalue weighted by Gasteiger charge is 2.32. The van der Waals surface area contributed by atoms with E-state index < -0.39 is 26.8 Å². The molecule has 0 radical (unpaired) electrons. The molecule has 4 rings (SSSR count). The summed E-state index contributed by atoms with van der Waals surface area (Å²) in [7, 11) is -4.40. The number of carboxylic acids is 1. The average Bonchev–Trinajstić information content (AvgIpc) is 3.14. The second-order valence-electron chi connectivity index (χ2n) is 6.95. The number of rotatable bonds is 6. The minimum Gasteiger partial charge on any atom is -0.545 e. The largest absolute Gasteiger partial charge is 0.545 e. The molecule has 0 saturated heterocycles. The van der Waals surface area contributed by atoms with Crippen molar-refractivity contribution in [1.82, 2.24) is 0 Å². The summed E-state index contributed by atoms with van der Waals surface area (Å²) in [6.07, 6.45) is 0.373. The summed E-state index contributed by atoms with van der Waals surface area (Å²) in [6, 6.07) is 12.6. The van der Waals surface area contributed by atoms with Crippen molar-refractivity contribution in [3.8, 4) is 0 Å². The molecule has 0 atom stereocenters. The Morgan fingerprint density at radius 1 is 1.06 bits per heavy atom. The lowest BCUT2D eigenvalue weighted by Gasteiger charge is -2.24. The summed E-state index contributed by atoms with van der Waals surface area (Å²) in [5.41, 5.74) is 0.218. The van der Waals surface area contributed by atoms with Gasteiger partial charge >= 0.3 is 4.94 Å². The third-order valence-electron chi connectivity index (χ3n) is 4.86. The molecule has 1 amide bonds. The third-order valence-corrected chi connectivity index (χ3v) is 7.38. The number of hydrogen-bond donors (Lipinski definition) is 0. The molecule has 10 heteroatoms. The van der Waals surface area contributed by atoms with Gasteiger partial charge in [0, 0.05) is 17.2 Å². The van der Waals surface area contributed by atoms with Gasteiger partial charge in [-0.15, -0.1) is 0 Å². The molecule has 0 N–H and O–H groups in total. The first-order chi connectivity index (χ1) is 15.2. The molecule has 4 aromatic rings. The van der Waals surface area contributed by atoms with Crippen LogP contribution in [0.5, 0.6) is 0 Å². The van der Waals surface area contributed by atoms with Crippen molar-refractivity contribution in [3.05, 3.63) is 69.9 Å². The van der Waals surface area contributed by atoms with Crippen molar-refractivity contribution in [2.24, 2.45) is 0 Å². The Balaban J connectivity index is 2.00. The molecule has 0 saturated carbocycles. The van der Waals surface area contributed by atoms with E-state index in [4.69, 9.17) is 4.42 Å². The smallest absolute Gasteiger partial charge is 0.396 e. The van der Waals surface area contributed by atoms with Crippen molar-refractivity contribution in [2.75, 3.05) is 4.31 Å². The number of benzene rings is 3. The Labute approximate surface area is 186 Å². The number of amides is 1. The fourth-order valence-corrected chi connectivity index (χ4v) is 5.61. The summed E-state index contributed by atoms with van der Waals surface area (Å²) < 4.78 is 33.6. The standard InChI is InChI=1S/C22H17NO7S2/c1-2-5-19(24)23(32(28,29)14-10-8-13(9-11-14)21(25)26)17-12-18-20(30-22(27)31-18)16-7-4-3-6-15(16)17/h3-4,6-12H,2,5H2,1H3,(H,25,26)/p-1. The van der Waals surface area contributed by atoms with Gasteiger partial charge in [0.2, 0.25) is 5.91 Å². The molecule has 1 heterocycles. The highest BCUT2D eigenvalue weighted by molar-refractivity contribution is 7.93. The van der Waals surface area contributed by atoms with Crippen LogP contribution in [0.1, 0.15) is 30.1 Å². The molecule has 0 aliphatic carbocycles. The van der Waals surface area contributed by atoms with Crippen LogP contribution < -0.4 is 14.4 Å². The van der Waals surface area contributed by atoms with Crippen LogP contribution in [0.3, 0.4) is 0 Å². The monoisotopic (exact) mass is 470 g/mol. The zero-order chi connectivity index (χ0) is 23.0. The highest BCUT2D eigenvalue weighted by atomic mass is 32.2. The van der Waals surface area contributed by atoms with Crippen LogP contribution >= 0.6 is 11.3 Å². The lowest BCUT2D eigenvalue weighted by atomic mass is 10.1. The molecule has 3 aromatic carbocycles. The zero-order valence-electron chi connectivity index (χ0n) is 16.7. The fourth-order valence-electron chi connectivity index (χ4n) is 3.43. The summed E-state index contributed by atoms with van der Waals surface area (Å²) in [6.45, 7) is 1.75. The van der Waals surface area contributed by atoms with E-state index in [9.17, 15) is 27.9 Å². The maximum absolute atomic E-state index is 13.6. The highest BCUT2D eigenvalue weighted by Crippen LogP contribution is 2.38. The average molecular weight is 471 g/mol. The quantitative estimate of drug-likeness (QED) is 0.424. The Morgan fingerprint density at radius 2 is 1.72 bits per heavy atom. The molecule has 0 bridgehead atoms. The van der Waals surface area contributed by atoms with Gasteiger partial charge in [-0.1, -0.05) is 54.7 Å². The van der Waals surface area contributed by atoms with E-state index in [0.717, 1.165) is 39.9 Å². The first kappa shape index (κ1) is 21.7. The Morgan fingerprint density at radius 3 is 2.34 bits per heavy atom. The SMILES string of the molecule is CCCC(=O)N(c1cc2sc(=O)oc2c2ccccc12)S(=O)(=O)c1ccc(C(=O)[O-])cc1. The maximum Gasteiger partial charge on any atom is 0.396 e. The van der Waals surface area contributed by atoms with Crippen LogP contribution in [0.15, 0.2) is 68.7 Å². The topological polar surface area (TPSA) is 125 Å². The van der Waals surface area contributed by atoms with Gasteiger partial charge in [0.05, 0.1) is 21.3 Å². The summed E-state index contributed by atoms with van der Waals surface area (Å²) in [5.74, 6) is -2.10. The van der Waals surface area contributed by atoms with Crippen molar-refractivity contribution < 1.29 is 27.5 Å². The van der Waals surface area contributed by atoms with Gasteiger partial charge in [-0.25, -0.2) is 17.5 Å². The molecule has 8 nitrogen and oxygen atoms in total. The van der Waals surface area contributed by atoms with Crippen LogP contribution in [-0.2, 0) is 14.8 Å². The molecule has 0 unspecified atom stereocenters. The lowest BCUT2D eigenvalue weighted by molar-refractivity contribution is -0.255. The fraction of sp³-hybridized carbons (Fsp3) is 0.136. The van der Waals surface area contributed by atoms with E-state index in [1.54, 1.807) is 31.2 Å². The molecule has 0 fully saturated rings. The van der Waals surface area contributed by atoms with Crippen molar-refractivity contribution in [1.29, 1.82) is 0 Å². The van der Waals surface area contributed by atoms with Gasteiger partial charge in [-0.3, -0.25) is 4.79 Å². The molecule has 164 valence electrons. The van der Waals surface area contributed by atoms with E-state index in [1.807, 2.05) is 0 Å². The van der Waals surface area contributed by atoms with E-state index >= 15 is 0 Å². The molecular formula is C22H16NO7S2-. The molecule has 32 heavy (non-hydrogen) atoms. The minimum absolute atomic E-state index is 0.0374. The zero-order valence-corrected chi connectivity index (χ0v) is 18.4. The molecule has 0 spiro atoms. The van der Waals surface area contributed by atoms with Crippen LogP contribution in [0.4, 0.5) is 5.69 Å². The minimum atomic E-state index is -4.40. The second-order valence-corrected chi connectivity index (χ2v) is 9.71. The first-order valence-electron chi connectivity index (χ1n) is 9.59. The number of nitrogens with zero attached hydrogens (tertiary/aromatic N) is 1. The van der Waals surface area contributed by atoms with Gasteiger partial charge in [-0.2, -0.15) is 0 Å². The van der Waals surface area contributed by atoms with E-state index in [2.05, 4.69) is 0 Å². The number of sulfonamides is 1. The van der Waals surface area contributed by atoms with Crippen LogP contribution in [0, 0.1) is 0 Å². The Kier molecular flexibility index (Phi) is 5.57. The van der Waals surface area contributed by atoms with Crippen LogP contribution in [0.25, 0.3) is 21.1 Å².